The molecule has 0 unspecified atom stereocenters. The number of hydrogen-bond donors (Lipinski definition) is 0. The van der Waals surface area contributed by atoms with Crippen LogP contribution in [0.2, 0.25) is 5.02 Å². The van der Waals surface area contributed by atoms with E-state index in [-0.39, 0.29) is 28.7 Å². The standard InChI is InChI=1S/C22H21ClFN3O2/c1-22(2,3)15-6-4-13(5-7-15)21-25-20(26-29-21)14-10-19(28)27(12-14)16-8-9-18(24)17(23)11-16/h4-9,11,14H,10,12H2,1-3H3/t14-/m1/s1. The fourth-order valence-electron chi connectivity index (χ4n) is 3.41. The molecular formula is C22H21ClFN3O2. The van der Waals surface area contributed by atoms with E-state index in [1.165, 1.54) is 17.7 Å². The molecule has 1 atom stereocenters. The summed E-state index contributed by atoms with van der Waals surface area (Å²) in [5.41, 5.74) is 2.68. The van der Waals surface area contributed by atoms with Crippen LogP contribution in [0.1, 0.15) is 44.5 Å². The smallest absolute Gasteiger partial charge is 0.257 e. The summed E-state index contributed by atoms with van der Waals surface area (Å²) in [5.74, 6) is 0.121. The van der Waals surface area contributed by atoms with E-state index in [4.69, 9.17) is 16.1 Å². The second kappa shape index (κ2) is 7.26. The van der Waals surface area contributed by atoms with Gasteiger partial charge in [-0.25, -0.2) is 4.39 Å². The topological polar surface area (TPSA) is 59.2 Å². The molecule has 5 nitrogen and oxygen atoms in total. The number of rotatable bonds is 3. The number of amides is 1. The van der Waals surface area contributed by atoms with Crippen molar-refractivity contribution in [3.05, 3.63) is 64.7 Å². The minimum atomic E-state index is -0.515. The van der Waals surface area contributed by atoms with Gasteiger partial charge in [0.25, 0.3) is 5.89 Å². The summed E-state index contributed by atoms with van der Waals surface area (Å²) < 4.78 is 18.8. The Bertz CT molecular complexity index is 1060. The molecule has 150 valence electrons. The van der Waals surface area contributed by atoms with Gasteiger partial charge in [0.05, 0.1) is 5.02 Å². The van der Waals surface area contributed by atoms with Crippen LogP contribution in [0.5, 0.6) is 0 Å². The summed E-state index contributed by atoms with van der Waals surface area (Å²) in [6.45, 7) is 6.86. The van der Waals surface area contributed by atoms with Crippen LogP contribution in [-0.4, -0.2) is 22.6 Å². The predicted molar refractivity (Wildman–Crippen MR) is 110 cm³/mol. The molecular weight excluding hydrogens is 393 g/mol. The Labute approximate surface area is 173 Å². The zero-order chi connectivity index (χ0) is 20.8. The monoisotopic (exact) mass is 413 g/mol. The van der Waals surface area contributed by atoms with E-state index in [0.29, 0.717) is 23.9 Å². The highest BCUT2D eigenvalue weighted by molar-refractivity contribution is 6.31. The number of benzene rings is 2. The number of carbonyl (C=O) groups excluding carboxylic acids is 1. The quantitative estimate of drug-likeness (QED) is 0.581. The van der Waals surface area contributed by atoms with Crippen molar-refractivity contribution in [2.75, 3.05) is 11.4 Å². The van der Waals surface area contributed by atoms with Gasteiger partial charge in [0.15, 0.2) is 5.82 Å². The summed E-state index contributed by atoms with van der Waals surface area (Å²) in [4.78, 5) is 18.5. The first-order valence-electron chi connectivity index (χ1n) is 9.42. The van der Waals surface area contributed by atoms with Crippen molar-refractivity contribution in [2.45, 2.75) is 38.5 Å². The maximum atomic E-state index is 13.4. The molecule has 1 fully saturated rings. The van der Waals surface area contributed by atoms with Gasteiger partial charge in [-0.1, -0.05) is 49.7 Å². The zero-order valence-corrected chi connectivity index (χ0v) is 17.2. The fraction of sp³-hybridized carbons (Fsp3) is 0.318. The van der Waals surface area contributed by atoms with Crippen molar-refractivity contribution >= 4 is 23.2 Å². The van der Waals surface area contributed by atoms with E-state index < -0.39 is 5.82 Å². The highest BCUT2D eigenvalue weighted by Gasteiger charge is 2.35. The van der Waals surface area contributed by atoms with E-state index in [9.17, 15) is 9.18 Å². The average molecular weight is 414 g/mol. The molecule has 0 radical (unpaired) electrons. The molecule has 3 aromatic rings. The molecule has 1 aliphatic heterocycles. The normalized spacial score (nSPS) is 17.2. The molecule has 1 saturated heterocycles. The average Bonchev–Trinajstić information content (AvgIpc) is 3.30. The van der Waals surface area contributed by atoms with Gasteiger partial charge in [-0.05, 0) is 41.3 Å². The van der Waals surface area contributed by atoms with Crippen LogP contribution in [0, 0.1) is 5.82 Å². The lowest BCUT2D eigenvalue weighted by Crippen LogP contribution is -2.24. The molecule has 1 amide bonds. The third-order valence-electron chi connectivity index (χ3n) is 5.14. The Balaban J connectivity index is 1.52. The predicted octanol–water partition coefficient (Wildman–Crippen LogP) is 5.35. The van der Waals surface area contributed by atoms with Gasteiger partial charge in [0, 0.05) is 30.1 Å². The van der Waals surface area contributed by atoms with Crippen molar-refractivity contribution in [1.29, 1.82) is 0 Å². The summed E-state index contributed by atoms with van der Waals surface area (Å²) in [7, 11) is 0. The van der Waals surface area contributed by atoms with Gasteiger partial charge in [-0.15, -0.1) is 0 Å². The minimum absolute atomic E-state index is 0.0145. The Hall–Kier alpha value is -2.73. The molecule has 0 bridgehead atoms. The van der Waals surface area contributed by atoms with Gasteiger partial charge in [-0.3, -0.25) is 4.79 Å². The maximum Gasteiger partial charge on any atom is 0.257 e. The van der Waals surface area contributed by atoms with Crippen molar-refractivity contribution in [3.63, 3.8) is 0 Å². The molecule has 2 aromatic carbocycles. The Kier molecular flexibility index (Phi) is 4.90. The van der Waals surface area contributed by atoms with Gasteiger partial charge in [-0.2, -0.15) is 4.98 Å². The number of aromatic nitrogens is 2. The molecule has 0 saturated carbocycles. The summed E-state index contributed by atoms with van der Waals surface area (Å²) in [6, 6.07) is 12.3. The van der Waals surface area contributed by atoms with Crippen LogP contribution in [-0.2, 0) is 10.2 Å². The molecule has 1 aromatic heterocycles. The van der Waals surface area contributed by atoms with Crippen LogP contribution < -0.4 is 4.90 Å². The van der Waals surface area contributed by atoms with Gasteiger partial charge in [0.1, 0.15) is 5.82 Å². The van der Waals surface area contributed by atoms with Crippen LogP contribution in [0.4, 0.5) is 10.1 Å². The largest absolute Gasteiger partial charge is 0.334 e. The number of anilines is 1. The number of hydrogen-bond acceptors (Lipinski definition) is 4. The van der Waals surface area contributed by atoms with E-state index >= 15 is 0 Å². The van der Waals surface area contributed by atoms with E-state index in [2.05, 4.69) is 43.0 Å². The first-order chi connectivity index (χ1) is 13.7. The number of halogens is 2. The molecule has 0 spiro atoms. The van der Waals surface area contributed by atoms with Crippen molar-refractivity contribution in [3.8, 4) is 11.5 Å². The molecule has 0 N–H and O–H groups in total. The summed E-state index contributed by atoms with van der Waals surface area (Å²) >= 11 is 5.85. The van der Waals surface area contributed by atoms with Crippen molar-refractivity contribution < 1.29 is 13.7 Å². The van der Waals surface area contributed by atoms with E-state index in [1.807, 2.05) is 12.1 Å². The molecule has 29 heavy (non-hydrogen) atoms. The first kappa shape index (κ1) is 19.6. The van der Waals surface area contributed by atoms with E-state index in [0.717, 1.165) is 5.56 Å². The third-order valence-corrected chi connectivity index (χ3v) is 5.43. The SMILES string of the molecule is CC(C)(C)c1ccc(-c2nc([C@@H]3CC(=O)N(c4ccc(F)c(Cl)c4)C3)no2)cc1. The summed E-state index contributed by atoms with van der Waals surface area (Å²) in [5, 5.41) is 4.07. The van der Waals surface area contributed by atoms with Crippen LogP contribution in [0.15, 0.2) is 47.0 Å². The lowest BCUT2D eigenvalue weighted by Gasteiger charge is -2.18. The highest BCUT2D eigenvalue weighted by Crippen LogP contribution is 2.33. The first-order valence-corrected chi connectivity index (χ1v) is 9.80. The van der Waals surface area contributed by atoms with Crippen LogP contribution in [0.3, 0.4) is 0 Å². The zero-order valence-electron chi connectivity index (χ0n) is 16.4. The van der Waals surface area contributed by atoms with Crippen molar-refractivity contribution in [1.82, 2.24) is 10.1 Å². The number of carbonyl (C=O) groups is 1. The second-order valence-electron chi connectivity index (χ2n) is 8.29. The fourth-order valence-corrected chi connectivity index (χ4v) is 3.59. The molecule has 2 heterocycles. The highest BCUT2D eigenvalue weighted by atomic mass is 35.5. The summed E-state index contributed by atoms with van der Waals surface area (Å²) in [6.07, 6.45) is 0.261. The molecule has 4 rings (SSSR count). The Morgan fingerprint density at radius 2 is 1.90 bits per heavy atom. The Morgan fingerprint density at radius 3 is 2.55 bits per heavy atom. The Morgan fingerprint density at radius 1 is 1.17 bits per heavy atom. The molecule has 1 aliphatic rings. The van der Waals surface area contributed by atoms with Crippen LogP contribution >= 0.6 is 11.6 Å². The second-order valence-corrected chi connectivity index (χ2v) is 8.70. The number of nitrogens with zero attached hydrogens (tertiary/aromatic N) is 3. The third kappa shape index (κ3) is 3.90. The molecule has 7 heteroatoms. The van der Waals surface area contributed by atoms with Crippen LogP contribution in [0.25, 0.3) is 11.5 Å². The van der Waals surface area contributed by atoms with Gasteiger partial charge < -0.3 is 9.42 Å². The lowest BCUT2D eigenvalue weighted by molar-refractivity contribution is -0.117. The minimum Gasteiger partial charge on any atom is -0.334 e. The van der Waals surface area contributed by atoms with Gasteiger partial charge in [0.2, 0.25) is 5.91 Å². The maximum absolute atomic E-state index is 13.4. The lowest BCUT2D eigenvalue weighted by atomic mass is 9.87. The van der Waals surface area contributed by atoms with Crippen molar-refractivity contribution in [2.24, 2.45) is 0 Å². The molecule has 0 aliphatic carbocycles. The van der Waals surface area contributed by atoms with Gasteiger partial charge >= 0.3 is 0 Å². The van der Waals surface area contributed by atoms with E-state index in [1.54, 1.807) is 11.0 Å².